The molecule has 0 heterocycles. The standard InChI is InChI=1S/C9H7.C5H5.C3H5.2ClH.Zr/c1-2-5-9-7-3-6-8(9)4-1;1-2-4-5-3-1;1-3-2;;;/h1-7H;1-5H;1H2,2H3;2*1H;/q3*-1;;;+2/p-2. The van der Waals surface area contributed by atoms with Crippen molar-refractivity contribution in [3.63, 3.8) is 0 Å². The minimum atomic E-state index is -0.826. The molecule has 3 rings (SSSR count). The maximum absolute atomic E-state index is 4.93. The van der Waals surface area contributed by atoms with Crippen LogP contribution < -0.4 is 0 Å². The van der Waals surface area contributed by atoms with E-state index in [4.69, 9.17) is 17.0 Å². The van der Waals surface area contributed by atoms with Crippen LogP contribution in [0.5, 0.6) is 0 Å². The number of allylic oxidation sites excluding steroid dienone is 1. The van der Waals surface area contributed by atoms with E-state index >= 15 is 0 Å². The zero-order valence-electron chi connectivity index (χ0n) is 11.4. The average Bonchev–Trinajstić information content (AvgIpc) is 3.15. The molecule has 106 valence electrons. The minimum absolute atomic E-state index is 0.826. The monoisotopic (exact) mass is 381 g/mol. The van der Waals surface area contributed by atoms with Crippen LogP contribution in [0, 0.1) is 6.08 Å². The Morgan fingerprint density at radius 2 is 1.55 bits per heavy atom. The Kier molecular flexibility index (Phi) is 14.3. The Morgan fingerprint density at radius 3 is 2.00 bits per heavy atom. The summed E-state index contributed by atoms with van der Waals surface area (Å²) in [7, 11) is 9.87. The first-order valence-electron chi connectivity index (χ1n) is 5.97. The average molecular weight is 383 g/mol. The molecule has 0 atom stereocenters. The number of benzene rings is 1. The van der Waals surface area contributed by atoms with Gasteiger partial charge in [-0.3, -0.25) is 6.58 Å². The molecule has 0 N–H and O–H groups in total. The van der Waals surface area contributed by atoms with Gasteiger partial charge in [-0.15, -0.1) is 29.7 Å². The molecule has 0 aromatic heterocycles. The van der Waals surface area contributed by atoms with Crippen molar-refractivity contribution in [3.8, 4) is 0 Å². The summed E-state index contributed by atoms with van der Waals surface area (Å²) < 4.78 is 0. The smallest absolute Gasteiger partial charge is 0.0809 e. The number of hydrogen-bond acceptors (Lipinski definition) is 0. The van der Waals surface area contributed by atoms with E-state index in [0.29, 0.717) is 0 Å². The van der Waals surface area contributed by atoms with E-state index in [0.717, 1.165) is 0 Å². The molecule has 0 bridgehead atoms. The van der Waals surface area contributed by atoms with E-state index in [2.05, 4.69) is 55.1 Å². The van der Waals surface area contributed by atoms with Crippen molar-refractivity contribution in [1.29, 1.82) is 0 Å². The first kappa shape index (κ1) is 19.4. The molecule has 0 saturated heterocycles. The van der Waals surface area contributed by atoms with Gasteiger partial charge in [-0.25, -0.2) is 12.1 Å². The fourth-order valence-corrected chi connectivity index (χ4v) is 1.39. The first-order chi connectivity index (χ1) is 9.79. The van der Waals surface area contributed by atoms with Crippen LogP contribution in [0.25, 0.3) is 10.8 Å². The zero-order chi connectivity index (χ0) is 15.1. The number of rotatable bonds is 0. The third-order valence-electron chi connectivity index (χ3n) is 2.10. The molecule has 20 heavy (non-hydrogen) atoms. The van der Waals surface area contributed by atoms with Crippen LogP contribution in [0.15, 0.2) is 79.4 Å². The van der Waals surface area contributed by atoms with E-state index in [9.17, 15) is 0 Å². The Labute approximate surface area is 140 Å². The van der Waals surface area contributed by atoms with Gasteiger partial charge in [0.2, 0.25) is 0 Å². The van der Waals surface area contributed by atoms with Gasteiger partial charge in [-0.2, -0.15) is 42.6 Å². The summed E-state index contributed by atoms with van der Waals surface area (Å²) in [5, 5.41) is 2.66. The Morgan fingerprint density at radius 1 is 1.00 bits per heavy atom. The van der Waals surface area contributed by atoms with Crippen molar-refractivity contribution in [2.75, 3.05) is 0 Å². The van der Waals surface area contributed by atoms with Gasteiger partial charge in [-0.05, 0) is 0 Å². The molecular formula is C17H17Cl2Zr-3. The normalized spacial score (nSPS) is 7.95. The second-order valence-electron chi connectivity index (χ2n) is 3.54. The quantitative estimate of drug-likeness (QED) is 0.398. The van der Waals surface area contributed by atoms with E-state index < -0.39 is 20.8 Å². The van der Waals surface area contributed by atoms with E-state index in [1.165, 1.54) is 10.8 Å². The molecule has 0 amide bonds. The fourth-order valence-electron chi connectivity index (χ4n) is 1.39. The molecule has 0 aliphatic heterocycles. The Hall–Kier alpha value is -0.617. The van der Waals surface area contributed by atoms with Crippen LogP contribution in [0.3, 0.4) is 0 Å². The van der Waals surface area contributed by atoms with Crippen LogP contribution in [0.2, 0.25) is 0 Å². The molecule has 0 spiro atoms. The van der Waals surface area contributed by atoms with Gasteiger partial charge in [0.05, 0.1) is 0 Å². The maximum atomic E-state index is 4.93. The number of fused-ring (bicyclic) bond motifs is 1. The summed E-state index contributed by atoms with van der Waals surface area (Å²) in [6.45, 7) is 5.00. The van der Waals surface area contributed by atoms with Crippen molar-refractivity contribution in [1.82, 2.24) is 0 Å². The van der Waals surface area contributed by atoms with Crippen LogP contribution in [-0.2, 0) is 20.8 Å². The van der Waals surface area contributed by atoms with Crippen molar-refractivity contribution in [2.45, 2.75) is 6.92 Å². The molecule has 0 unspecified atom stereocenters. The molecule has 0 saturated carbocycles. The number of hydrogen-bond donors (Lipinski definition) is 0. The molecular weight excluding hydrogens is 366 g/mol. The largest absolute Gasteiger partial charge is 0.214 e. The molecule has 0 fully saturated rings. The summed E-state index contributed by atoms with van der Waals surface area (Å²) in [5.74, 6) is 0. The third-order valence-corrected chi connectivity index (χ3v) is 2.10. The maximum Gasteiger partial charge on any atom is -0.0809 e. The van der Waals surface area contributed by atoms with Gasteiger partial charge in [0.25, 0.3) is 0 Å². The molecule has 0 aliphatic rings. The van der Waals surface area contributed by atoms with Gasteiger partial charge >= 0.3 is 37.9 Å². The van der Waals surface area contributed by atoms with Crippen LogP contribution >= 0.6 is 17.0 Å². The predicted molar refractivity (Wildman–Crippen MR) is 87.8 cm³/mol. The molecule has 3 heteroatoms. The summed E-state index contributed by atoms with van der Waals surface area (Å²) in [5.41, 5.74) is 0. The second-order valence-corrected chi connectivity index (χ2v) is 7.27. The molecule has 0 aliphatic carbocycles. The second kappa shape index (κ2) is 14.8. The van der Waals surface area contributed by atoms with Crippen molar-refractivity contribution in [3.05, 3.63) is 85.5 Å². The Balaban J connectivity index is 0.000000281. The van der Waals surface area contributed by atoms with Crippen LogP contribution in [0.1, 0.15) is 6.92 Å². The van der Waals surface area contributed by atoms with Crippen molar-refractivity contribution >= 4 is 27.8 Å². The SMILES string of the molecule is C=[C-]C.[Cl][Zr][Cl].c1cc[cH-]c1.c1ccc2[cH-]ccc2c1. The molecule has 3 aromatic carbocycles. The summed E-state index contributed by atoms with van der Waals surface area (Å²) in [4.78, 5) is 0. The van der Waals surface area contributed by atoms with E-state index in [1.54, 1.807) is 6.92 Å². The minimum Gasteiger partial charge on any atom is -0.214 e. The summed E-state index contributed by atoms with van der Waals surface area (Å²) in [6.07, 6.45) is 2.50. The van der Waals surface area contributed by atoms with Gasteiger partial charge in [-0.1, -0.05) is 6.07 Å². The zero-order valence-corrected chi connectivity index (χ0v) is 15.4. The summed E-state index contributed by atoms with van der Waals surface area (Å²) >= 11 is -0.826. The molecule has 0 nitrogen and oxygen atoms in total. The first-order valence-corrected chi connectivity index (χ1v) is 12.3. The Bertz CT molecular complexity index is 479. The van der Waals surface area contributed by atoms with E-state index in [-0.39, 0.29) is 0 Å². The third kappa shape index (κ3) is 10.2. The van der Waals surface area contributed by atoms with Crippen molar-refractivity contribution in [2.24, 2.45) is 0 Å². The van der Waals surface area contributed by atoms with Gasteiger partial charge in [0.1, 0.15) is 0 Å². The fraction of sp³-hybridized carbons (Fsp3) is 0.0588. The van der Waals surface area contributed by atoms with Crippen molar-refractivity contribution < 1.29 is 20.8 Å². The van der Waals surface area contributed by atoms with E-state index in [1.807, 2.05) is 30.3 Å². The van der Waals surface area contributed by atoms with Gasteiger partial charge < -0.3 is 6.08 Å². The number of halogens is 2. The predicted octanol–water partition coefficient (Wildman–Crippen LogP) is 6.34. The van der Waals surface area contributed by atoms with Crippen LogP contribution in [0.4, 0.5) is 0 Å². The summed E-state index contributed by atoms with van der Waals surface area (Å²) in [6, 6.07) is 24.7. The molecule has 3 aromatic rings. The van der Waals surface area contributed by atoms with Gasteiger partial charge in [0.15, 0.2) is 0 Å². The van der Waals surface area contributed by atoms with Crippen LogP contribution in [-0.4, -0.2) is 0 Å². The topological polar surface area (TPSA) is 0 Å². The van der Waals surface area contributed by atoms with Gasteiger partial charge in [0, 0.05) is 0 Å². The molecule has 0 radical (unpaired) electrons.